The molecule has 2 nitrogen and oxygen atoms in total. The molecule has 0 aliphatic rings. The standard InChI is InChI=1S/C15H18N2/c1-15(17,13-10-6-3-7-11-13)14(16)12-8-4-2-5-9-12/h2-11,14H,16-17H2,1H3. The summed E-state index contributed by atoms with van der Waals surface area (Å²) in [4.78, 5) is 0. The smallest absolute Gasteiger partial charge is 0.0576 e. The molecule has 0 fully saturated rings. The first kappa shape index (κ1) is 11.8. The Kier molecular flexibility index (Phi) is 3.27. The van der Waals surface area contributed by atoms with Gasteiger partial charge in [-0.15, -0.1) is 0 Å². The normalized spacial score (nSPS) is 16.2. The zero-order valence-corrected chi connectivity index (χ0v) is 10.0. The molecule has 2 aromatic rings. The number of benzene rings is 2. The molecule has 0 aromatic heterocycles. The lowest BCUT2D eigenvalue weighted by molar-refractivity contribution is 0.397. The average molecular weight is 226 g/mol. The van der Waals surface area contributed by atoms with Crippen molar-refractivity contribution in [2.45, 2.75) is 18.5 Å². The van der Waals surface area contributed by atoms with Gasteiger partial charge in [-0.25, -0.2) is 0 Å². The van der Waals surface area contributed by atoms with Crippen molar-refractivity contribution >= 4 is 0 Å². The maximum Gasteiger partial charge on any atom is 0.0576 e. The quantitative estimate of drug-likeness (QED) is 0.845. The van der Waals surface area contributed by atoms with Gasteiger partial charge in [0.25, 0.3) is 0 Å². The summed E-state index contributed by atoms with van der Waals surface area (Å²) in [5.74, 6) is 0. The Balaban J connectivity index is 2.33. The molecule has 0 saturated heterocycles. The molecule has 0 aliphatic heterocycles. The van der Waals surface area contributed by atoms with E-state index in [1.807, 2.05) is 67.6 Å². The van der Waals surface area contributed by atoms with Gasteiger partial charge in [-0.3, -0.25) is 0 Å². The fraction of sp³-hybridized carbons (Fsp3) is 0.200. The van der Waals surface area contributed by atoms with E-state index in [0.29, 0.717) is 0 Å². The van der Waals surface area contributed by atoms with Crippen LogP contribution in [0.4, 0.5) is 0 Å². The van der Waals surface area contributed by atoms with Gasteiger partial charge >= 0.3 is 0 Å². The fourth-order valence-corrected chi connectivity index (χ4v) is 1.98. The molecular formula is C15H18N2. The molecule has 0 saturated carbocycles. The maximum atomic E-state index is 6.39. The highest BCUT2D eigenvalue weighted by Crippen LogP contribution is 2.30. The lowest BCUT2D eigenvalue weighted by atomic mass is 9.82. The van der Waals surface area contributed by atoms with Crippen molar-refractivity contribution in [1.29, 1.82) is 0 Å². The van der Waals surface area contributed by atoms with Crippen molar-refractivity contribution < 1.29 is 0 Å². The van der Waals surface area contributed by atoms with Crippen LogP contribution in [0.2, 0.25) is 0 Å². The van der Waals surface area contributed by atoms with Gasteiger partial charge < -0.3 is 11.5 Å². The van der Waals surface area contributed by atoms with Crippen LogP contribution in [0.5, 0.6) is 0 Å². The van der Waals surface area contributed by atoms with Crippen LogP contribution in [0.25, 0.3) is 0 Å². The first-order chi connectivity index (χ1) is 8.12. The summed E-state index contributed by atoms with van der Waals surface area (Å²) in [7, 11) is 0. The van der Waals surface area contributed by atoms with Crippen LogP contribution in [0.15, 0.2) is 60.7 Å². The van der Waals surface area contributed by atoms with Crippen molar-refractivity contribution in [3.05, 3.63) is 71.8 Å². The van der Waals surface area contributed by atoms with E-state index in [0.717, 1.165) is 11.1 Å². The zero-order valence-electron chi connectivity index (χ0n) is 10.0. The highest BCUT2D eigenvalue weighted by atomic mass is 14.8. The van der Waals surface area contributed by atoms with Crippen molar-refractivity contribution in [3.63, 3.8) is 0 Å². The van der Waals surface area contributed by atoms with E-state index in [1.54, 1.807) is 0 Å². The Bertz CT molecular complexity index is 463. The summed E-state index contributed by atoms with van der Waals surface area (Å²) in [6.45, 7) is 1.97. The number of rotatable bonds is 3. The van der Waals surface area contributed by atoms with E-state index in [1.165, 1.54) is 0 Å². The van der Waals surface area contributed by atoms with Gasteiger partial charge in [0, 0.05) is 0 Å². The van der Waals surface area contributed by atoms with Gasteiger partial charge in [-0.05, 0) is 18.1 Å². The van der Waals surface area contributed by atoms with Gasteiger partial charge in [0.15, 0.2) is 0 Å². The van der Waals surface area contributed by atoms with Gasteiger partial charge in [0.2, 0.25) is 0 Å². The molecule has 2 heteroatoms. The molecule has 2 atom stereocenters. The van der Waals surface area contributed by atoms with Crippen LogP contribution in [0, 0.1) is 0 Å². The molecule has 4 N–H and O–H groups in total. The van der Waals surface area contributed by atoms with Gasteiger partial charge in [0.05, 0.1) is 11.6 Å². The summed E-state index contributed by atoms with van der Waals surface area (Å²) in [6.07, 6.45) is 0. The van der Waals surface area contributed by atoms with Gasteiger partial charge in [-0.2, -0.15) is 0 Å². The summed E-state index contributed by atoms with van der Waals surface area (Å²) >= 11 is 0. The van der Waals surface area contributed by atoms with E-state index >= 15 is 0 Å². The monoisotopic (exact) mass is 226 g/mol. The van der Waals surface area contributed by atoms with Crippen LogP contribution in [-0.2, 0) is 5.54 Å². The third-order valence-corrected chi connectivity index (χ3v) is 3.20. The molecule has 2 unspecified atom stereocenters. The maximum absolute atomic E-state index is 6.39. The highest BCUT2D eigenvalue weighted by Gasteiger charge is 2.29. The van der Waals surface area contributed by atoms with E-state index in [2.05, 4.69) is 0 Å². The molecule has 2 rings (SSSR count). The number of hydrogen-bond donors (Lipinski definition) is 2. The van der Waals surface area contributed by atoms with E-state index < -0.39 is 5.54 Å². The molecular weight excluding hydrogens is 208 g/mol. The summed E-state index contributed by atoms with van der Waals surface area (Å²) in [5, 5.41) is 0. The Morgan fingerprint density at radius 3 is 1.88 bits per heavy atom. The zero-order chi connectivity index (χ0) is 12.3. The fourth-order valence-electron chi connectivity index (χ4n) is 1.98. The van der Waals surface area contributed by atoms with E-state index in [-0.39, 0.29) is 6.04 Å². The predicted molar refractivity (Wildman–Crippen MR) is 71.4 cm³/mol. The molecule has 0 heterocycles. The minimum atomic E-state index is -0.567. The molecule has 0 amide bonds. The SMILES string of the molecule is CC(N)(c1ccccc1)C(N)c1ccccc1. The van der Waals surface area contributed by atoms with Crippen LogP contribution in [-0.4, -0.2) is 0 Å². The molecule has 2 aromatic carbocycles. The highest BCUT2D eigenvalue weighted by molar-refractivity contribution is 5.30. The van der Waals surface area contributed by atoms with Crippen molar-refractivity contribution in [1.82, 2.24) is 0 Å². The second-order valence-corrected chi connectivity index (χ2v) is 4.54. The molecule has 0 aliphatic carbocycles. The first-order valence-electron chi connectivity index (χ1n) is 5.77. The van der Waals surface area contributed by atoms with Gasteiger partial charge in [-0.1, -0.05) is 60.7 Å². The minimum Gasteiger partial charge on any atom is -0.322 e. The Morgan fingerprint density at radius 2 is 1.35 bits per heavy atom. The number of nitrogens with two attached hydrogens (primary N) is 2. The largest absolute Gasteiger partial charge is 0.322 e. The molecule has 17 heavy (non-hydrogen) atoms. The van der Waals surface area contributed by atoms with Crippen LogP contribution in [0.1, 0.15) is 24.1 Å². The second-order valence-electron chi connectivity index (χ2n) is 4.54. The predicted octanol–water partition coefficient (Wildman–Crippen LogP) is 2.56. The van der Waals surface area contributed by atoms with E-state index in [4.69, 9.17) is 11.5 Å². The Labute approximate surface area is 102 Å². The molecule has 0 radical (unpaired) electrons. The third-order valence-electron chi connectivity index (χ3n) is 3.20. The Hall–Kier alpha value is -1.64. The van der Waals surface area contributed by atoms with Crippen LogP contribution >= 0.6 is 0 Å². The summed E-state index contributed by atoms with van der Waals surface area (Å²) in [6, 6.07) is 19.7. The van der Waals surface area contributed by atoms with Crippen LogP contribution < -0.4 is 11.5 Å². The lowest BCUT2D eigenvalue weighted by Crippen LogP contribution is -2.43. The van der Waals surface area contributed by atoms with Crippen molar-refractivity contribution in [2.24, 2.45) is 11.5 Å². The van der Waals surface area contributed by atoms with Crippen molar-refractivity contribution in [3.8, 4) is 0 Å². The topological polar surface area (TPSA) is 52.0 Å². The number of hydrogen-bond acceptors (Lipinski definition) is 2. The lowest BCUT2D eigenvalue weighted by Gasteiger charge is -2.32. The minimum absolute atomic E-state index is 0.217. The van der Waals surface area contributed by atoms with Gasteiger partial charge in [0.1, 0.15) is 0 Å². The molecule has 0 bridgehead atoms. The third kappa shape index (κ3) is 2.38. The first-order valence-corrected chi connectivity index (χ1v) is 5.77. The van der Waals surface area contributed by atoms with Crippen LogP contribution in [0.3, 0.4) is 0 Å². The second kappa shape index (κ2) is 4.70. The summed E-state index contributed by atoms with van der Waals surface area (Å²) in [5.41, 5.74) is 14.2. The van der Waals surface area contributed by atoms with E-state index in [9.17, 15) is 0 Å². The average Bonchev–Trinajstić information content (AvgIpc) is 2.40. The van der Waals surface area contributed by atoms with Crippen molar-refractivity contribution in [2.75, 3.05) is 0 Å². The molecule has 0 spiro atoms. The Morgan fingerprint density at radius 1 is 0.882 bits per heavy atom. The molecule has 88 valence electrons. The summed E-state index contributed by atoms with van der Waals surface area (Å²) < 4.78 is 0.